The minimum atomic E-state index is -0.344. The van der Waals surface area contributed by atoms with Crippen molar-refractivity contribution in [3.63, 3.8) is 0 Å². The molecule has 2 saturated heterocycles. The number of aromatic nitrogens is 1. The van der Waals surface area contributed by atoms with Crippen molar-refractivity contribution < 1.29 is 23.8 Å². The first-order valence-electron chi connectivity index (χ1n) is 14.5. The van der Waals surface area contributed by atoms with E-state index in [9.17, 15) is 19.6 Å². The summed E-state index contributed by atoms with van der Waals surface area (Å²) in [5.74, 6) is 1.30. The van der Waals surface area contributed by atoms with Gasteiger partial charge in [-0.25, -0.2) is 0 Å². The number of carbonyl (C=O) groups excluding carboxylic acids is 2. The second kappa shape index (κ2) is 13.2. The van der Waals surface area contributed by atoms with Gasteiger partial charge in [0.25, 0.3) is 11.5 Å². The van der Waals surface area contributed by atoms with E-state index in [4.69, 9.17) is 26.4 Å². The third-order valence-electron chi connectivity index (χ3n) is 7.92. The molecule has 0 spiro atoms. The van der Waals surface area contributed by atoms with E-state index in [1.807, 2.05) is 25.1 Å². The van der Waals surface area contributed by atoms with E-state index >= 15 is 0 Å². The summed E-state index contributed by atoms with van der Waals surface area (Å²) in [5, 5.41) is 9.98. The molecule has 3 aliphatic heterocycles. The third-order valence-corrected chi connectivity index (χ3v) is 9.30. The molecule has 0 radical (unpaired) electrons. The molecule has 0 unspecified atom stereocenters. The fraction of sp³-hybridized carbons (Fsp3) is 0.452. The van der Waals surface area contributed by atoms with Crippen molar-refractivity contribution in [1.29, 1.82) is 5.26 Å². The summed E-state index contributed by atoms with van der Waals surface area (Å²) in [6.45, 7) is 7.85. The van der Waals surface area contributed by atoms with Gasteiger partial charge in [-0.05, 0) is 62.4 Å². The van der Waals surface area contributed by atoms with E-state index in [1.54, 1.807) is 29.4 Å². The Labute approximate surface area is 260 Å². The van der Waals surface area contributed by atoms with Gasteiger partial charge in [0.15, 0.2) is 11.5 Å². The molecular formula is C31H34N4O6S2. The van der Waals surface area contributed by atoms with Gasteiger partial charge in [-0.15, -0.1) is 0 Å². The SMILES string of the molecule is CCCCn1c(N2CCC(C(=O)OCC)CC2)c(C=C2SC(=S)N(Cc3ccc4c(c3)OCO4)C2=O)c(C)c(C#N)c1=O. The van der Waals surface area contributed by atoms with Gasteiger partial charge in [-0.1, -0.05) is 43.4 Å². The van der Waals surface area contributed by atoms with E-state index in [1.165, 1.54) is 11.8 Å². The number of rotatable bonds is 9. The number of nitriles is 1. The van der Waals surface area contributed by atoms with Gasteiger partial charge in [0, 0.05) is 25.2 Å². The Kier molecular flexibility index (Phi) is 9.42. The minimum absolute atomic E-state index is 0.0587. The van der Waals surface area contributed by atoms with Gasteiger partial charge in [0.2, 0.25) is 6.79 Å². The first-order chi connectivity index (χ1) is 20.8. The van der Waals surface area contributed by atoms with Crippen molar-refractivity contribution in [3.05, 3.63) is 55.7 Å². The summed E-state index contributed by atoms with van der Waals surface area (Å²) >= 11 is 6.82. The zero-order valence-electron chi connectivity index (χ0n) is 24.5. The van der Waals surface area contributed by atoms with E-state index in [2.05, 4.69) is 11.0 Å². The van der Waals surface area contributed by atoms with Crippen LogP contribution in [0.15, 0.2) is 27.9 Å². The van der Waals surface area contributed by atoms with Crippen molar-refractivity contribution in [1.82, 2.24) is 9.47 Å². The number of thioether (sulfide) groups is 1. The maximum atomic E-state index is 13.7. The number of nitrogens with zero attached hydrogens (tertiary/aromatic N) is 4. The lowest BCUT2D eigenvalue weighted by molar-refractivity contribution is -0.148. The maximum absolute atomic E-state index is 13.7. The number of unbranched alkanes of at least 4 members (excludes halogenated alkanes) is 1. The molecule has 0 saturated carbocycles. The number of carbonyl (C=O) groups is 2. The Morgan fingerprint density at radius 1 is 1.21 bits per heavy atom. The molecule has 4 heterocycles. The lowest BCUT2D eigenvalue weighted by Gasteiger charge is -2.35. The number of benzene rings is 1. The number of amides is 1. The predicted octanol–water partition coefficient (Wildman–Crippen LogP) is 4.74. The molecule has 2 aromatic rings. The van der Waals surface area contributed by atoms with Gasteiger partial charge < -0.3 is 19.1 Å². The number of fused-ring (bicyclic) bond motifs is 1. The molecule has 0 atom stereocenters. The molecular weight excluding hydrogens is 588 g/mol. The molecule has 0 aliphatic carbocycles. The van der Waals surface area contributed by atoms with Crippen LogP contribution in [0, 0.1) is 24.2 Å². The average molecular weight is 623 g/mol. The minimum Gasteiger partial charge on any atom is -0.466 e. The number of thiocarbonyl (C=S) groups is 1. The monoisotopic (exact) mass is 622 g/mol. The quantitative estimate of drug-likeness (QED) is 0.221. The Morgan fingerprint density at radius 3 is 2.65 bits per heavy atom. The molecule has 43 heavy (non-hydrogen) atoms. The number of ether oxygens (including phenoxy) is 3. The smallest absolute Gasteiger partial charge is 0.309 e. The van der Waals surface area contributed by atoms with Crippen LogP contribution < -0.4 is 19.9 Å². The topological polar surface area (TPSA) is 114 Å². The molecule has 2 fully saturated rings. The molecule has 12 heteroatoms. The highest BCUT2D eigenvalue weighted by Crippen LogP contribution is 2.39. The molecule has 0 N–H and O–H groups in total. The summed E-state index contributed by atoms with van der Waals surface area (Å²) in [4.78, 5) is 43.8. The molecule has 10 nitrogen and oxygen atoms in total. The lowest BCUT2D eigenvalue weighted by atomic mass is 9.95. The highest BCUT2D eigenvalue weighted by Gasteiger charge is 2.35. The van der Waals surface area contributed by atoms with E-state index < -0.39 is 0 Å². The van der Waals surface area contributed by atoms with Crippen LogP contribution in [0.3, 0.4) is 0 Å². The van der Waals surface area contributed by atoms with Crippen molar-refractivity contribution >= 4 is 52.1 Å². The van der Waals surface area contributed by atoms with Crippen LogP contribution in [0.4, 0.5) is 5.82 Å². The van der Waals surface area contributed by atoms with E-state index in [-0.39, 0.29) is 42.3 Å². The Bertz CT molecular complexity index is 1590. The van der Waals surface area contributed by atoms with Crippen molar-refractivity contribution in [2.75, 3.05) is 31.4 Å². The molecule has 0 bridgehead atoms. The van der Waals surface area contributed by atoms with Crippen molar-refractivity contribution in [2.24, 2.45) is 5.92 Å². The van der Waals surface area contributed by atoms with Gasteiger partial charge in [-0.3, -0.25) is 23.9 Å². The number of hydrogen-bond donors (Lipinski definition) is 0. The highest BCUT2D eigenvalue weighted by molar-refractivity contribution is 8.26. The largest absolute Gasteiger partial charge is 0.466 e. The fourth-order valence-corrected chi connectivity index (χ4v) is 6.82. The molecule has 1 amide bonds. The third kappa shape index (κ3) is 6.15. The summed E-state index contributed by atoms with van der Waals surface area (Å²) in [7, 11) is 0. The predicted molar refractivity (Wildman–Crippen MR) is 168 cm³/mol. The van der Waals surface area contributed by atoms with Crippen LogP contribution >= 0.6 is 24.0 Å². The van der Waals surface area contributed by atoms with E-state index in [0.29, 0.717) is 76.8 Å². The number of pyridine rings is 1. The van der Waals surface area contributed by atoms with Gasteiger partial charge >= 0.3 is 5.97 Å². The van der Waals surface area contributed by atoms with Gasteiger partial charge in [0.05, 0.1) is 24.0 Å². The summed E-state index contributed by atoms with van der Waals surface area (Å²) < 4.78 is 18.2. The second-order valence-electron chi connectivity index (χ2n) is 10.6. The van der Waals surface area contributed by atoms with Gasteiger partial charge in [-0.2, -0.15) is 5.26 Å². The van der Waals surface area contributed by atoms with Crippen LogP contribution in [0.25, 0.3) is 6.08 Å². The maximum Gasteiger partial charge on any atom is 0.309 e. The first-order valence-corrected chi connectivity index (χ1v) is 15.7. The molecule has 1 aromatic heterocycles. The molecule has 1 aromatic carbocycles. The summed E-state index contributed by atoms with van der Waals surface area (Å²) in [6, 6.07) is 7.63. The number of anilines is 1. The van der Waals surface area contributed by atoms with Crippen LogP contribution in [-0.4, -0.2) is 52.2 Å². The molecule has 226 valence electrons. The number of esters is 1. The van der Waals surface area contributed by atoms with Crippen LogP contribution in [0.2, 0.25) is 0 Å². The first kappa shape index (κ1) is 30.6. The highest BCUT2D eigenvalue weighted by atomic mass is 32.2. The Balaban J connectivity index is 1.52. The van der Waals surface area contributed by atoms with Crippen molar-refractivity contribution in [2.45, 2.75) is 59.5 Å². The normalized spacial score (nSPS) is 17.6. The fourth-order valence-electron chi connectivity index (χ4n) is 5.58. The summed E-state index contributed by atoms with van der Waals surface area (Å²) in [6.07, 6.45) is 4.54. The zero-order valence-corrected chi connectivity index (χ0v) is 26.1. The van der Waals surface area contributed by atoms with Crippen LogP contribution in [0.5, 0.6) is 11.5 Å². The van der Waals surface area contributed by atoms with Crippen molar-refractivity contribution in [3.8, 4) is 17.6 Å². The summed E-state index contributed by atoms with van der Waals surface area (Å²) in [5.41, 5.74) is 1.73. The average Bonchev–Trinajstić information content (AvgIpc) is 3.58. The van der Waals surface area contributed by atoms with Gasteiger partial charge in [0.1, 0.15) is 21.8 Å². The lowest BCUT2D eigenvalue weighted by Crippen LogP contribution is -2.41. The Hall–Kier alpha value is -3.82. The van der Waals surface area contributed by atoms with E-state index in [0.717, 1.165) is 18.4 Å². The van der Waals surface area contributed by atoms with Crippen LogP contribution in [-0.2, 0) is 27.4 Å². The number of hydrogen-bond acceptors (Lipinski definition) is 10. The van der Waals surface area contributed by atoms with Crippen LogP contribution in [0.1, 0.15) is 61.8 Å². The second-order valence-corrected chi connectivity index (χ2v) is 12.3. The Morgan fingerprint density at radius 2 is 1.95 bits per heavy atom. The zero-order chi connectivity index (χ0) is 30.7. The standard InChI is InChI=1S/C31H34N4O6S2/c1-4-6-11-34-27(33-12-9-21(10-13-33)30(38)39-5-2)22(19(3)23(16-32)28(34)36)15-26-29(37)35(31(42)43-26)17-20-7-8-24-25(14-20)41-18-40-24/h7-8,14-15,21H,4-6,9-13,17-18H2,1-3H3. The molecule has 3 aliphatic rings. The number of piperidine rings is 1. The molecule has 5 rings (SSSR count).